The van der Waals surface area contributed by atoms with Gasteiger partial charge in [-0.15, -0.1) is 0 Å². The molecule has 1 aliphatic heterocycles. The van der Waals surface area contributed by atoms with Gasteiger partial charge in [0.05, 0.1) is 0 Å². The van der Waals surface area contributed by atoms with E-state index in [1.807, 2.05) is 0 Å². The molecule has 1 N–H and O–H groups in total. The van der Waals surface area contributed by atoms with E-state index in [0.717, 1.165) is 23.5 Å². The van der Waals surface area contributed by atoms with E-state index in [4.69, 9.17) is 0 Å². The lowest BCUT2D eigenvalue weighted by Crippen LogP contribution is -2.59. The number of hydrogen-bond donors (Lipinski definition) is 1. The van der Waals surface area contributed by atoms with E-state index in [-0.39, 0.29) is 0 Å². The Bertz CT molecular complexity index is 283. The molecule has 0 amide bonds. The number of rotatable bonds is 2. The summed E-state index contributed by atoms with van der Waals surface area (Å²) in [4.78, 5) is 2.51. The van der Waals surface area contributed by atoms with E-state index in [9.17, 15) is 0 Å². The van der Waals surface area contributed by atoms with Gasteiger partial charge in [-0.3, -0.25) is 0 Å². The van der Waals surface area contributed by atoms with Crippen LogP contribution in [0.5, 0.6) is 0 Å². The highest BCUT2D eigenvalue weighted by atomic mass is 15.1. The van der Waals surface area contributed by atoms with Gasteiger partial charge in [-0.1, -0.05) is 19.3 Å². The zero-order chi connectivity index (χ0) is 12.6. The molecule has 3 unspecified atom stereocenters. The molecule has 1 saturated heterocycles. The summed E-state index contributed by atoms with van der Waals surface area (Å²) in [6.07, 6.45) is 13.1. The van der Waals surface area contributed by atoms with E-state index in [2.05, 4.69) is 24.2 Å². The van der Waals surface area contributed by atoms with Crippen LogP contribution in [0.1, 0.15) is 64.7 Å². The molecule has 3 aliphatic rings. The molecule has 0 aromatic carbocycles. The molecule has 2 nitrogen and oxygen atoms in total. The standard InChI is InChI=1S/C16H30N2/c1-13-12-14(7-11-18(13)2)17-15-6-10-16(15)8-4-3-5-9-16/h13-15,17H,3-12H2,1-2H3. The molecule has 18 heavy (non-hydrogen) atoms. The van der Waals surface area contributed by atoms with Gasteiger partial charge >= 0.3 is 0 Å². The van der Waals surface area contributed by atoms with E-state index in [0.29, 0.717) is 0 Å². The molecule has 2 heteroatoms. The van der Waals surface area contributed by atoms with Gasteiger partial charge in [0, 0.05) is 18.1 Å². The van der Waals surface area contributed by atoms with Gasteiger partial charge in [0.25, 0.3) is 0 Å². The summed E-state index contributed by atoms with van der Waals surface area (Å²) in [5.74, 6) is 0. The lowest BCUT2D eigenvalue weighted by molar-refractivity contribution is 0.00866. The van der Waals surface area contributed by atoms with Crippen LogP contribution >= 0.6 is 0 Å². The van der Waals surface area contributed by atoms with Crippen molar-refractivity contribution in [3.63, 3.8) is 0 Å². The molecule has 0 radical (unpaired) electrons. The summed E-state index contributed by atoms with van der Waals surface area (Å²) in [5, 5.41) is 4.04. The van der Waals surface area contributed by atoms with Crippen LogP contribution in [0.4, 0.5) is 0 Å². The van der Waals surface area contributed by atoms with E-state index < -0.39 is 0 Å². The average molecular weight is 250 g/mol. The molecule has 2 aliphatic carbocycles. The zero-order valence-electron chi connectivity index (χ0n) is 12.3. The third-order valence-electron chi connectivity index (χ3n) is 6.16. The normalized spacial score (nSPS) is 40.7. The van der Waals surface area contributed by atoms with E-state index in [1.165, 1.54) is 64.3 Å². The van der Waals surface area contributed by atoms with Crippen LogP contribution in [0.3, 0.4) is 0 Å². The van der Waals surface area contributed by atoms with Crippen LogP contribution in [0.2, 0.25) is 0 Å². The van der Waals surface area contributed by atoms with Crippen molar-refractivity contribution in [2.75, 3.05) is 13.6 Å². The van der Waals surface area contributed by atoms with Crippen molar-refractivity contribution in [3.05, 3.63) is 0 Å². The van der Waals surface area contributed by atoms with E-state index >= 15 is 0 Å². The Morgan fingerprint density at radius 3 is 2.44 bits per heavy atom. The van der Waals surface area contributed by atoms with Gasteiger partial charge in [-0.05, 0) is 64.5 Å². The van der Waals surface area contributed by atoms with Gasteiger partial charge in [0.1, 0.15) is 0 Å². The Kier molecular flexibility index (Phi) is 3.68. The Balaban J connectivity index is 1.54. The largest absolute Gasteiger partial charge is 0.311 e. The highest BCUT2D eigenvalue weighted by molar-refractivity contribution is 5.03. The molecule has 0 bridgehead atoms. The minimum absolute atomic E-state index is 0.727. The fraction of sp³-hybridized carbons (Fsp3) is 1.00. The van der Waals surface area contributed by atoms with Gasteiger partial charge in [0.15, 0.2) is 0 Å². The molecule has 2 saturated carbocycles. The first-order chi connectivity index (χ1) is 8.70. The van der Waals surface area contributed by atoms with Gasteiger partial charge < -0.3 is 10.2 Å². The van der Waals surface area contributed by atoms with Crippen LogP contribution in [-0.4, -0.2) is 36.6 Å². The third-order valence-corrected chi connectivity index (χ3v) is 6.16. The molecular weight excluding hydrogens is 220 g/mol. The second-order valence-corrected chi connectivity index (χ2v) is 7.23. The average Bonchev–Trinajstić information content (AvgIpc) is 2.40. The van der Waals surface area contributed by atoms with Crippen molar-refractivity contribution in [2.24, 2.45) is 5.41 Å². The van der Waals surface area contributed by atoms with Crippen molar-refractivity contribution in [1.29, 1.82) is 0 Å². The maximum atomic E-state index is 4.04. The van der Waals surface area contributed by atoms with Crippen LogP contribution in [0.15, 0.2) is 0 Å². The monoisotopic (exact) mass is 250 g/mol. The van der Waals surface area contributed by atoms with Crippen molar-refractivity contribution in [3.8, 4) is 0 Å². The summed E-state index contributed by atoms with van der Waals surface area (Å²) in [5.41, 5.74) is 0.727. The zero-order valence-corrected chi connectivity index (χ0v) is 12.3. The number of nitrogens with zero attached hydrogens (tertiary/aromatic N) is 1. The van der Waals surface area contributed by atoms with Crippen molar-refractivity contribution >= 4 is 0 Å². The molecule has 104 valence electrons. The van der Waals surface area contributed by atoms with Crippen LogP contribution in [-0.2, 0) is 0 Å². The van der Waals surface area contributed by atoms with Gasteiger partial charge in [-0.25, -0.2) is 0 Å². The Hall–Kier alpha value is -0.0800. The highest BCUT2D eigenvalue weighted by Crippen LogP contribution is 2.51. The molecule has 3 fully saturated rings. The first kappa shape index (κ1) is 12.9. The Morgan fingerprint density at radius 2 is 1.83 bits per heavy atom. The Morgan fingerprint density at radius 1 is 1.06 bits per heavy atom. The third kappa shape index (κ3) is 2.34. The molecule has 0 aromatic rings. The first-order valence-electron chi connectivity index (χ1n) is 8.16. The predicted molar refractivity (Wildman–Crippen MR) is 76.8 cm³/mol. The first-order valence-corrected chi connectivity index (χ1v) is 8.16. The second kappa shape index (κ2) is 5.13. The fourth-order valence-electron chi connectivity index (χ4n) is 4.54. The number of likely N-dealkylation sites (tertiary alicyclic amines) is 1. The smallest absolute Gasteiger partial charge is 0.0126 e. The topological polar surface area (TPSA) is 15.3 Å². The number of hydrogen-bond acceptors (Lipinski definition) is 2. The molecule has 0 aromatic heterocycles. The van der Waals surface area contributed by atoms with Crippen molar-refractivity contribution < 1.29 is 0 Å². The molecule has 1 spiro atoms. The Labute approximate surface area is 113 Å². The van der Waals surface area contributed by atoms with Crippen LogP contribution < -0.4 is 5.32 Å². The molecule has 3 rings (SSSR count). The second-order valence-electron chi connectivity index (χ2n) is 7.23. The fourth-order valence-corrected chi connectivity index (χ4v) is 4.54. The highest BCUT2D eigenvalue weighted by Gasteiger charge is 2.47. The maximum Gasteiger partial charge on any atom is 0.0126 e. The van der Waals surface area contributed by atoms with Crippen LogP contribution in [0.25, 0.3) is 0 Å². The lowest BCUT2D eigenvalue weighted by Gasteiger charge is -2.54. The quantitative estimate of drug-likeness (QED) is 0.810. The summed E-state index contributed by atoms with van der Waals surface area (Å²) in [7, 11) is 2.27. The summed E-state index contributed by atoms with van der Waals surface area (Å²) in [6, 6.07) is 2.41. The minimum atomic E-state index is 0.727. The molecule has 3 atom stereocenters. The summed E-state index contributed by atoms with van der Waals surface area (Å²) in [6.45, 7) is 3.66. The number of piperidine rings is 1. The SMILES string of the molecule is CC1CC(NC2CCC23CCCCC3)CCN1C. The molecule has 1 heterocycles. The number of nitrogens with one attached hydrogen (secondary N) is 1. The van der Waals surface area contributed by atoms with Gasteiger partial charge in [-0.2, -0.15) is 0 Å². The van der Waals surface area contributed by atoms with Gasteiger partial charge in [0.2, 0.25) is 0 Å². The minimum Gasteiger partial charge on any atom is -0.311 e. The lowest BCUT2D eigenvalue weighted by atomic mass is 9.57. The van der Waals surface area contributed by atoms with E-state index in [1.54, 1.807) is 0 Å². The molecular formula is C16H30N2. The van der Waals surface area contributed by atoms with Crippen LogP contribution in [0, 0.1) is 5.41 Å². The summed E-state index contributed by atoms with van der Waals surface area (Å²) >= 11 is 0. The maximum absolute atomic E-state index is 4.04. The van der Waals surface area contributed by atoms with Crippen molar-refractivity contribution in [1.82, 2.24) is 10.2 Å². The van der Waals surface area contributed by atoms with Crippen molar-refractivity contribution in [2.45, 2.75) is 82.8 Å². The predicted octanol–water partition coefficient (Wildman–Crippen LogP) is 3.17. The summed E-state index contributed by atoms with van der Waals surface area (Å²) < 4.78 is 0.